The molecular formula is C33H42N2O4. The molecule has 0 unspecified atom stereocenters. The number of nitrogens with zero attached hydrogens (tertiary/aromatic N) is 1. The Balaban J connectivity index is 0.00000134. The van der Waals surface area contributed by atoms with Gasteiger partial charge in [0, 0.05) is 36.2 Å². The number of carbonyl (C=O) groups is 1. The number of hydrogen-bond donors (Lipinski definition) is 2. The van der Waals surface area contributed by atoms with Gasteiger partial charge in [0.25, 0.3) is 5.56 Å². The third-order valence-electron chi connectivity index (χ3n) is 6.70. The molecule has 0 aliphatic carbocycles. The largest absolute Gasteiger partial charge is 0.456 e. The van der Waals surface area contributed by atoms with Crippen molar-refractivity contribution >= 4 is 16.7 Å². The van der Waals surface area contributed by atoms with E-state index < -0.39 is 5.60 Å². The topological polar surface area (TPSA) is 84.3 Å². The van der Waals surface area contributed by atoms with Crippen LogP contribution in [0.4, 0.5) is 0 Å². The Morgan fingerprint density at radius 2 is 1.62 bits per heavy atom. The van der Waals surface area contributed by atoms with E-state index in [2.05, 4.69) is 37.9 Å². The average molecular weight is 531 g/mol. The third-order valence-corrected chi connectivity index (χ3v) is 6.70. The number of carbonyl (C=O) groups excluding carboxylic acids is 1. The number of fused-ring (bicyclic) bond motifs is 1. The quantitative estimate of drug-likeness (QED) is 0.239. The Morgan fingerprint density at radius 3 is 2.15 bits per heavy atom. The predicted molar refractivity (Wildman–Crippen MR) is 160 cm³/mol. The van der Waals surface area contributed by atoms with Crippen LogP contribution in [0.25, 0.3) is 22.0 Å². The van der Waals surface area contributed by atoms with Crippen molar-refractivity contribution in [1.82, 2.24) is 9.55 Å². The Morgan fingerprint density at radius 1 is 1.00 bits per heavy atom. The Kier molecular flexibility index (Phi) is 9.23. The molecule has 0 aliphatic heterocycles. The van der Waals surface area contributed by atoms with Crippen LogP contribution in [0.5, 0.6) is 11.5 Å². The van der Waals surface area contributed by atoms with Gasteiger partial charge in [0.05, 0.1) is 11.3 Å². The van der Waals surface area contributed by atoms with Gasteiger partial charge in [-0.3, -0.25) is 9.59 Å². The fraction of sp³-hybridized carbons (Fsp3) is 0.394. The number of pyridine rings is 1. The summed E-state index contributed by atoms with van der Waals surface area (Å²) in [5, 5.41) is 11.4. The zero-order chi connectivity index (χ0) is 29.1. The molecule has 0 spiro atoms. The number of rotatable bonds is 7. The number of ether oxygens (including phenoxy) is 1. The lowest BCUT2D eigenvalue weighted by Crippen LogP contribution is -2.17. The fourth-order valence-electron chi connectivity index (χ4n) is 4.61. The second kappa shape index (κ2) is 12.0. The number of ketones is 1. The minimum absolute atomic E-state index is 0.0665. The summed E-state index contributed by atoms with van der Waals surface area (Å²) < 4.78 is 8.04. The Hall–Kier alpha value is -3.64. The highest BCUT2D eigenvalue weighted by molar-refractivity contribution is 6.03. The van der Waals surface area contributed by atoms with Crippen LogP contribution in [0.2, 0.25) is 0 Å². The molecule has 4 aromatic rings. The predicted octanol–water partition coefficient (Wildman–Crippen LogP) is 7.74. The molecule has 208 valence electrons. The normalized spacial score (nSPS) is 11.3. The number of H-pyrrole nitrogens is 1. The molecule has 6 nitrogen and oxygen atoms in total. The zero-order valence-electron chi connectivity index (χ0n) is 24.8. The summed E-state index contributed by atoms with van der Waals surface area (Å²) in [5.41, 5.74) is 4.96. The van der Waals surface area contributed by atoms with Gasteiger partial charge < -0.3 is 19.4 Å². The molecule has 0 aliphatic rings. The Bertz CT molecular complexity index is 1530. The van der Waals surface area contributed by atoms with Crippen LogP contribution >= 0.6 is 0 Å². The summed E-state index contributed by atoms with van der Waals surface area (Å²) in [6.07, 6.45) is 4.28. The minimum Gasteiger partial charge on any atom is -0.456 e. The molecule has 2 heterocycles. The summed E-state index contributed by atoms with van der Waals surface area (Å²) in [6.45, 7) is 15.7. The van der Waals surface area contributed by atoms with Gasteiger partial charge in [0.15, 0.2) is 5.78 Å². The molecule has 6 heteroatoms. The van der Waals surface area contributed by atoms with E-state index in [1.54, 1.807) is 40.1 Å². The van der Waals surface area contributed by atoms with Gasteiger partial charge in [0.2, 0.25) is 0 Å². The van der Waals surface area contributed by atoms with Crippen LogP contribution in [0.15, 0.2) is 47.4 Å². The minimum atomic E-state index is -1.08. The van der Waals surface area contributed by atoms with Gasteiger partial charge in [-0.2, -0.15) is 0 Å². The lowest BCUT2D eigenvalue weighted by molar-refractivity contribution is 0.0786. The van der Waals surface area contributed by atoms with E-state index in [0.29, 0.717) is 34.3 Å². The van der Waals surface area contributed by atoms with E-state index in [-0.39, 0.29) is 11.3 Å². The molecule has 0 radical (unpaired) electrons. The van der Waals surface area contributed by atoms with E-state index in [9.17, 15) is 14.7 Å². The van der Waals surface area contributed by atoms with Gasteiger partial charge in [-0.1, -0.05) is 52.3 Å². The first-order valence-corrected chi connectivity index (χ1v) is 13.8. The third kappa shape index (κ3) is 6.34. The molecule has 2 N–H and O–H groups in total. The van der Waals surface area contributed by atoms with E-state index in [0.717, 1.165) is 34.4 Å². The standard InChI is InChI=1S/C30H34N2O4.C3H8/c1-8-19-12-17(3)28(18(4)13-19)36-26-11-10-20(30(5,6)35)14-21(26)23-16-32(7)29(34)27-22(23)15-24(31-27)25(33)9-2;1-3-2/h10-16,31,35H,8-9H2,1-7H3;3H2,1-2H3. The van der Waals surface area contributed by atoms with Gasteiger partial charge in [0.1, 0.15) is 17.0 Å². The van der Waals surface area contributed by atoms with Crippen molar-refractivity contribution in [3.05, 3.63) is 80.9 Å². The molecular weight excluding hydrogens is 488 g/mol. The molecule has 0 bridgehead atoms. The average Bonchev–Trinajstić information content (AvgIpc) is 3.33. The maximum atomic E-state index is 12.9. The van der Waals surface area contributed by atoms with Crippen LogP contribution in [0.1, 0.15) is 87.1 Å². The van der Waals surface area contributed by atoms with E-state index in [1.807, 2.05) is 32.0 Å². The Labute approximate surface area is 231 Å². The first-order valence-electron chi connectivity index (χ1n) is 13.8. The number of Topliss-reactive ketones (excluding diaryl/α,β-unsaturated/α-hetero) is 1. The van der Waals surface area contributed by atoms with Crippen molar-refractivity contribution < 1.29 is 14.6 Å². The summed E-state index contributed by atoms with van der Waals surface area (Å²) in [5.74, 6) is 1.31. The number of aromatic amines is 1. The van der Waals surface area contributed by atoms with Crippen molar-refractivity contribution in [3.8, 4) is 22.6 Å². The fourth-order valence-corrected chi connectivity index (χ4v) is 4.61. The molecule has 0 atom stereocenters. The van der Waals surface area contributed by atoms with Crippen molar-refractivity contribution in [2.75, 3.05) is 0 Å². The van der Waals surface area contributed by atoms with Crippen LogP contribution < -0.4 is 10.3 Å². The smallest absolute Gasteiger partial charge is 0.274 e. The zero-order valence-corrected chi connectivity index (χ0v) is 24.8. The highest BCUT2D eigenvalue weighted by Crippen LogP contribution is 2.41. The number of aliphatic hydroxyl groups is 1. The summed E-state index contributed by atoms with van der Waals surface area (Å²) in [6, 6.07) is 11.6. The number of hydrogen-bond acceptors (Lipinski definition) is 4. The van der Waals surface area contributed by atoms with Gasteiger partial charge in [-0.25, -0.2) is 0 Å². The lowest BCUT2D eigenvalue weighted by Gasteiger charge is -2.22. The molecule has 2 aromatic carbocycles. The van der Waals surface area contributed by atoms with Gasteiger partial charge in [-0.15, -0.1) is 0 Å². The highest BCUT2D eigenvalue weighted by Gasteiger charge is 2.23. The maximum Gasteiger partial charge on any atom is 0.274 e. The first kappa shape index (κ1) is 29.9. The monoisotopic (exact) mass is 530 g/mol. The summed E-state index contributed by atoms with van der Waals surface area (Å²) >= 11 is 0. The first-order chi connectivity index (χ1) is 18.4. The number of benzene rings is 2. The highest BCUT2D eigenvalue weighted by atomic mass is 16.5. The second-order valence-corrected chi connectivity index (χ2v) is 10.7. The van der Waals surface area contributed by atoms with Gasteiger partial charge >= 0.3 is 0 Å². The van der Waals surface area contributed by atoms with Crippen LogP contribution in [0.3, 0.4) is 0 Å². The van der Waals surface area contributed by atoms with Crippen LogP contribution in [-0.2, 0) is 19.1 Å². The van der Waals surface area contributed by atoms with Gasteiger partial charge in [-0.05, 0) is 74.6 Å². The van der Waals surface area contributed by atoms with E-state index >= 15 is 0 Å². The van der Waals surface area contributed by atoms with Crippen molar-refractivity contribution in [2.45, 2.75) is 80.3 Å². The summed E-state index contributed by atoms with van der Waals surface area (Å²) in [4.78, 5) is 28.4. The second-order valence-electron chi connectivity index (χ2n) is 10.7. The van der Waals surface area contributed by atoms with E-state index in [4.69, 9.17) is 4.74 Å². The lowest BCUT2D eigenvalue weighted by atomic mass is 9.93. The number of aromatic nitrogens is 2. The molecule has 0 saturated heterocycles. The van der Waals surface area contributed by atoms with Crippen molar-refractivity contribution in [2.24, 2.45) is 7.05 Å². The molecule has 0 saturated carbocycles. The van der Waals surface area contributed by atoms with E-state index in [1.165, 1.54) is 16.6 Å². The van der Waals surface area contributed by atoms with Crippen molar-refractivity contribution in [1.29, 1.82) is 0 Å². The molecule has 39 heavy (non-hydrogen) atoms. The maximum absolute atomic E-state index is 12.9. The number of aryl methyl sites for hydroxylation is 4. The van der Waals surface area contributed by atoms with Crippen molar-refractivity contribution in [3.63, 3.8) is 0 Å². The molecule has 0 amide bonds. The number of nitrogens with one attached hydrogen (secondary N) is 1. The SMILES string of the molecule is CCC.CCC(=O)c1cc2c(-c3cc(C(C)(C)O)ccc3Oc3c(C)cc(CC)cc3C)cn(C)c(=O)c2[nH]1. The molecule has 4 rings (SSSR count). The van der Waals surface area contributed by atoms with Crippen LogP contribution in [-0.4, -0.2) is 20.4 Å². The molecule has 2 aromatic heterocycles. The molecule has 0 fully saturated rings. The van der Waals surface area contributed by atoms with Crippen LogP contribution in [0, 0.1) is 13.8 Å². The summed E-state index contributed by atoms with van der Waals surface area (Å²) in [7, 11) is 1.69.